The van der Waals surface area contributed by atoms with Gasteiger partial charge in [0.25, 0.3) is 5.91 Å². The Morgan fingerprint density at radius 1 is 1.15 bits per heavy atom. The molecule has 0 saturated carbocycles. The van der Waals surface area contributed by atoms with E-state index in [4.69, 9.17) is 17.0 Å². The minimum Gasteiger partial charge on any atom is -0.494 e. The summed E-state index contributed by atoms with van der Waals surface area (Å²) in [5.41, 5.74) is 3.10. The summed E-state index contributed by atoms with van der Waals surface area (Å²) < 4.78 is 6.59. The summed E-state index contributed by atoms with van der Waals surface area (Å²) in [6.45, 7) is 6.70. The van der Waals surface area contributed by atoms with Gasteiger partial charge in [-0.05, 0) is 45.0 Å². The van der Waals surface area contributed by atoms with Crippen molar-refractivity contribution in [1.29, 1.82) is 0 Å². The third kappa shape index (κ3) is 2.92. The van der Waals surface area contributed by atoms with E-state index in [0.29, 0.717) is 12.2 Å². The van der Waals surface area contributed by atoms with Crippen LogP contribution in [0.4, 0.5) is 5.69 Å². The van der Waals surface area contributed by atoms with Crippen LogP contribution >= 0.6 is 32.9 Å². The Kier molecular flexibility index (Phi) is 4.66. The first-order valence-electron chi connectivity index (χ1n) is 8.75. The summed E-state index contributed by atoms with van der Waals surface area (Å²) in [5, 5.41) is 0. The molecular weight excluding hydrogens is 394 g/mol. The standard InChI is InChI=1S/C21H19NO2S3/c1-4-24-14-10-11-15-16(12-14)22(19(23)13-8-6-5-7-9-13)21(2,3)18-17(15)20(25)27-26-18/h5-12H,4H2,1-3H3. The Hall–Kier alpha value is -2.02. The van der Waals surface area contributed by atoms with Gasteiger partial charge in [-0.25, -0.2) is 0 Å². The molecule has 0 spiro atoms. The van der Waals surface area contributed by atoms with Crippen molar-refractivity contribution in [2.24, 2.45) is 0 Å². The van der Waals surface area contributed by atoms with Crippen LogP contribution in [0.1, 0.15) is 36.0 Å². The predicted molar refractivity (Wildman–Crippen MR) is 116 cm³/mol. The zero-order valence-corrected chi connectivity index (χ0v) is 17.8. The van der Waals surface area contributed by atoms with E-state index in [2.05, 4.69) is 13.8 Å². The van der Waals surface area contributed by atoms with Crippen LogP contribution in [0, 0.1) is 3.82 Å². The van der Waals surface area contributed by atoms with Gasteiger partial charge in [0.15, 0.2) is 0 Å². The molecule has 1 aromatic heterocycles. The van der Waals surface area contributed by atoms with Crippen LogP contribution in [-0.4, -0.2) is 12.5 Å². The molecule has 138 valence electrons. The van der Waals surface area contributed by atoms with Gasteiger partial charge >= 0.3 is 0 Å². The van der Waals surface area contributed by atoms with E-state index in [-0.39, 0.29) is 5.91 Å². The number of rotatable bonds is 3. The van der Waals surface area contributed by atoms with Gasteiger partial charge in [0.1, 0.15) is 9.57 Å². The third-order valence-electron chi connectivity index (χ3n) is 4.76. The SMILES string of the molecule is CCOc1ccc2c(c1)N(C(=O)c1ccccc1)C(C)(C)c1ssc(=S)c1-2. The molecule has 0 atom stereocenters. The number of benzene rings is 2. The number of hydrogen-bond donors (Lipinski definition) is 0. The van der Waals surface area contributed by atoms with Crippen molar-refractivity contribution in [2.45, 2.75) is 26.3 Å². The molecule has 2 aromatic carbocycles. The van der Waals surface area contributed by atoms with E-state index in [1.165, 1.54) is 0 Å². The smallest absolute Gasteiger partial charge is 0.259 e. The normalized spacial score (nSPS) is 14.4. The molecule has 27 heavy (non-hydrogen) atoms. The lowest BCUT2D eigenvalue weighted by Gasteiger charge is -2.43. The van der Waals surface area contributed by atoms with Crippen molar-refractivity contribution in [3.63, 3.8) is 0 Å². The fourth-order valence-corrected chi connectivity index (χ4v) is 6.82. The number of hydrogen-bond acceptors (Lipinski definition) is 5. The molecule has 0 saturated heterocycles. The van der Waals surface area contributed by atoms with Gasteiger partial charge in [-0.2, -0.15) is 0 Å². The van der Waals surface area contributed by atoms with Gasteiger partial charge in [0.2, 0.25) is 0 Å². The Balaban J connectivity index is 1.97. The fourth-order valence-electron chi connectivity index (χ4n) is 3.54. The molecule has 3 nitrogen and oxygen atoms in total. The van der Waals surface area contributed by atoms with E-state index in [0.717, 1.165) is 31.3 Å². The van der Waals surface area contributed by atoms with Gasteiger partial charge < -0.3 is 4.74 Å². The Morgan fingerprint density at radius 3 is 2.59 bits per heavy atom. The summed E-state index contributed by atoms with van der Waals surface area (Å²) in [5.74, 6) is 0.733. The number of fused-ring (bicyclic) bond motifs is 3. The van der Waals surface area contributed by atoms with Crippen LogP contribution in [-0.2, 0) is 5.54 Å². The molecule has 4 rings (SSSR count). The number of nitrogens with zero attached hydrogens (tertiary/aromatic N) is 1. The molecule has 2 heterocycles. The Labute approximate surface area is 171 Å². The number of carbonyl (C=O) groups excluding carboxylic acids is 1. The molecule has 1 amide bonds. The maximum absolute atomic E-state index is 13.5. The van der Waals surface area contributed by atoms with Crippen molar-refractivity contribution in [1.82, 2.24) is 0 Å². The molecule has 1 aliphatic heterocycles. The van der Waals surface area contributed by atoms with E-state index in [1.54, 1.807) is 20.7 Å². The molecule has 0 N–H and O–H groups in total. The quantitative estimate of drug-likeness (QED) is 0.362. The van der Waals surface area contributed by atoms with Gasteiger partial charge in [0.05, 0.1) is 22.7 Å². The van der Waals surface area contributed by atoms with E-state index in [9.17, 15) is 4.79 Å². The zero-order chi connectivity index (χ0) is 19.2. The second kappa shape index (κ2) is 6.86. The molecule has 0 unspecified atom stereocenters. The first kappa shape index (κ1) is 18.3. The van der Waals surface area contributed by atoms with Crippen molar-refractivity contribution in [2.75, 3.05) is 11.5 Å². The maximum Gasteiger partial charge on any atom is 0.259 e. The summed E-state index contributed by atoms with van der Waals surface area (Å²) >= 11 is 5.63. The lowest BCUT2D eigenvalue weighted by Crippen LogP contribution is -2.47. The first-order valence-corrected chi connectivity index (χ1v) is 11.3. The van der Waals surface area contributed by atoms with Crippen molar-refractivity contribution >= 4 is 44.5 Å². The minimum absolute atomic E-state index is 0.0227. The molecular formula is C21H19NO2S3. The molecule has 6 heteroatoms. The third-order valence-corrected chi connectivity index (χ3v) is 8.09. The van der Waals surface area contributed by atoms with E-state index in [1.807, 2.05) is 60.4 Å². The van der Waals surface area contributed by atoms with Gasteiger partial charge in [-0.1, -0.05) is 51.1 Å². The van der Waals surface area contributed by atoms with Gasteiger partial charge in [-0.15, -0.1) is 0 Å². The van der Waals surface area contributed by atoms with Crippen LogP contribution in [0.25, 0.3) is 11.1 Å². The number of ether oxygens (including phenoxy) is 1. The minimum atomic E-state index is -0.502. The monoisotopic (exact) mass is 413 g/mol. The number of carbonyl (C=O) groups is 1. The topological polar surface area (TPSA) is 29.5 Å². The van der Waals surface area contributed by atoms with Crippen LogP contribution in [0.15, 0.2) is 48.5 Å². The van der Waals surface area contributed by atoms with Crippen LogP contribution in [0.5, 0.6) is 5.75 Å². The Morgan fingerprint density at radius 2 is 1.89 bits per heavy atom. The van der Waals surface area contributed by atoms with E-state index < -0.39 is 5.54 Å². The van der Waals surface area contributed by atoms with Crippen molar-refractivity contribution < 1.29 is 9.53 Å². The molecule has 1 aliphatic rings. The summed E-state index contributed by atoms with van der Waals surface area (Å²) in [7, 11) is 3.26. The highest BCUT2D eigenvalue weighted by Crippen LogP contribution is 2.53. The molecule has 0 fully saturated rings. The van der Waals surface area contributed by atoms with E-state index >= 15 is 0 Å². The lowest BCUT2D eigenvalue weighted by molar-refractivity contribution is 0.0961. The van der Waals surface area contributed by atoms with Crippen molar-refractivity contribution in [3.05, 3.63) is 62.8 Å². The molecule has 0 aliphatic carbocycles. The highest BCUT2D eigenvalue weighted by Gasteiger charge is 2.43. The second-order valence-corrected chi connectivity index (χ2v) is 9.65. The van der Waals surface area contributed by atoms with Gasteiger partial charge in [-0.3, -0.25) is 9.69 Å². The first-order chi connectivity index (χ1) is 12.9. The number of anilines is 1. The van der Waals surface area contributed by atoms with Crippen LogP contribution < -0.4 is 9.64 Å². The lowest BCUT2D eigenvalue weighted by atomic mass is 9.86. The zero-order valence-electron chi connectivity index (χ0n) is 15.3. The summed E-state index contributed by atoms with van der Waals surface area (Å²) in [4.78, 5) is 16.6. The highest BCUT2D eigenvalue weighted by atomic mass is 32.9. The summed E-state index contributed by atoms with van der Waals surface area (Å²) in [6, 6.07) is 15.3. The van der Waals surface area contributed by atoms with Gasteiger partial charge in [0, 0.05) is 22.8 Å². The predicted octanol–water partition coefficient (Wildman–Crippen LogP) is 6.50. The van der Waals surface area contributed by atoms with Crippen LogP contribution in [0.3, 0.4) is 0 Å². The molecule has 3 aromatic rings. The molecule has 0 radical (unpaired) electrons. The fraction of sp³-hybridized carbons (Fsp3) is 0.238. The molecule has 0 bridgehead atoms. The summed E-state index contributed by atoms with van der Waals surface area (Å²) in [6.07, 6.45) is 0. The second-order valence-electron chi connectivity index (χ2n) is 6.84. The number of amides is 1. The average molecular weight is 414 g/mol. The maximum atomic E-state index is 13.5. The van der Waals surface area contributed by atoms with Crippen LogP contribution in [0.2, 0.25) is 0 Å². The highest BCUT2D eigenvalue weighted by molar-refractivity contribution is 7.80. The average Bonchev–Trinajstić information content (AvgIpc) is 3.05. The Bertz CT molecular complexity index is 1070. The van der Waals surface area contributed by atoms with Crippen molar-refractivity contribution in [3.8, 4) is 16.9 Å². The largest absolute Gasteiger partial charge is 0.494 e.